The van der Waals surface area contributed by atoms with E-state index in [1.54, 1.807) is 24.1 Å². The molecule has 0 bridgehead atoms. The lowest BCUT2D eigenvalue weighted by Crippen LogP contribution is -2.50. The number of halogens is 1. The molecule has 1 N–H and O–H groups in total. The fourth-order valence-electron chi connectivity index (χ4n) is 3.78. The van der Waals surface area contributed by atoms with Crippen molar-refractivity contribution in [1.82, 2.24) is 10.2 Å². The Labute approximate surface area is 206 Å². The van der Waals surface area contributed by atoms with Gasteiger partial charge in [0.25, 0.3) is 0 Å². The molecule has 3 aromatic rings. The molecule has 0 spiro atoms. The molecule has 0 aromatic heterocycles. The standard InChI is InChI=1S/C28H31ClN2O3/c1-3-27(32)31(20-23-9-13-24(29)14-10-23)26(19-22-7-5-4-6-8-22)28(33)30-18-17-21-11-15-25(34-2)16-12-21/h4-16,26H,3,17-20H2,1-2H3,(H,30,33). The molecule has 0 heterocycles. The van der Waals surface area contributed by atoms with Crippen molar-refractivity contribution in [3.05, 3.63) is 101 Å². The number of hydrogen-bond donors (Lipinski definition) is 1. The van der Waals surface area contributed by atoms with Gasteiger partial charge in [0.1, 0.15) is 11.8 Å². The summed E-state index contributed by atoms with van der Waals surface area (Å²) in [4.78, 5) is 28.1. The highest BCUT2D eigenvalue weighted by Crippen LogP contribution is 2.18. The van der Waals surface area contributed by atoms with Gasteiger partial charge in [0.15, 0.2) is 0 Å². The first-order chi connectivity index (χ1) is 16.5. The van der Waals surface area contributed by atoms with Gasteiger partial charge in [0.05, 0.1) is 7.11 Å². The van der Waals surface area contributed by atoms with Gasteiger partial charge in [-0.05, 0) is 47.4 Å². The van der Waals surface area contributed by atoms with E-state index in [1.165, 1.54) is 0 Å². The van der Waals surface area contributed by atoms with E-state index in [0.717, 1.165) is 22.4 Å². The number of carbonyl (C=O) groups is 2. The molecule has 1 atom stereocenters. The molecule has 0 fully saturated rings. The largest absolute Gasteiger partial charge is 0.497 e. The Morgan fingerprint density at radius 1 is 0.912 bits per heavy atom. The Morgan fingerprint density at radius 3 is 2.18 bits per heavy atom. The predicted octanol–water partition coefficient (Wildman–Crippen LogP) is 5.06. The van der Waals surface area contributed by atoms with Crippen molar-refractivity contribution in [3.63, 3.8) is 0 Å². The molecule has 6 heteroatoms. The first-order valence-corrected chi connectivity index (χ1v) is 11.9. The van der Waals surface area contributed by atoms with Crippen molar-refractivity contribution in [2.75, 3.05) is 13.7 Å². The molecule has 34 heavy (non-hydrogen) atoms. The molecule has 0 aliphatic carbocycles. The lowest BCUT2D eigenvalue weighted by molar-refractivity contribution is -0.141. The summed E-state index contributed by atoms with van der Waals surface area (Å²) in [6, 6.07) is 24.3. The van der Waals surface area contributed by atoms with Crippen LogP contribution in [0, 0.1) is 0 Å². The summed E-state index contributed by atoms with van der Waals surface area (Å²) in [5.74, 6) is 0.570. The van der Waals surface area contributed by atoms with Gasteiger partial charge in [-0.3, -0.25) is 9.59 Å². The topological polar surface area (TPSA) is 58.6 Å². The van der Waals surface area contributed by atoms with E-state index in [9.17, 15) is 9.59 Å². The van der Waals surface area contributed by atoms with E-state index in [-0.39, 0.29) is 11.8 Å². The number of benzene rings is 3. The molecule has 0 aliphatic rings. The number of amides is 2. The van der Waals surface area contributed by atoms with Crippen molar-refractivity contribution in [3.8, 4) is 5.75 Å². The number of nitrogens with one attached hydrogen (secondary N) is 1. The Hall–Kier alpha value is -3.31. The van der Waals surface area contributed by atoms with Gasteiger partial charge >= 0.3 is 0 Å². The number of methoxy groups -OCH3 is 1. The van der Waals surface area contributed by atoms with Crippen LogP contribution in [0.3, 0.4) is 0 Å². The molecule has 1 unspecified atom stereocenters. The first-order valence-electron chi connectivity index (χ1n) is 11.5. The van der Waals surface area contributed by atoms with E-state index in [4.69, 9.17) is 16.3 Å². The zero-order valence-corrected chi connectivity index (χ0v) is 20.4. The third-order valence-corrected chi connectivity index (χ3v) is 5.96. The van der Waals surface area contributed by atoms with Crippen LogP contribution in [-0.2, 0) is 29.0 Å². The maximum atomic E-state index is 13.4. The third kappa shape index (κ3) is 7.35. The molecular formula is C28H31ClN2O3. The lowest BCUT2D eigenvalue weighted by atomic mass is 10.0. The minimum Gasteiger partial charge on any atom is -0.497 e. The fraction of sp³-hybridized carbons (Fsp3) is 0.286. The number of nitrogens with zero attached hydrogens (tertiary/aromatic N) is 1. The van der Waals surface area contributed by atoms with Gasteiger partial charge in [0.2, 0.25) is 11.8 Å². The number of ether oxygens (including phenoxy) is 1. The summed E-state index contributed by atoms with van der Waals surface area (Å²) in [5, 5.41) is 3.68. The second-order valence-corrected chi connectivity index (χ2v) is 8.53. The smallest absolute Gasteiger partial charge is 0.243 e. The van der Waals surface area contributed by atoms with Crippen LogP contribution < -0.4 is 10.1 Å². The monoisotopic (exact) mass is 478 g/mol. The van der Waals surface area contributed by atoms with Crippen LogP contribution in [0.2, 0.25) is 5.02 Å². The second kappa shape index (κ2) is 12.8. The maximum Gasteiger partial charge on any atom is 0.243 e. The molecule has 178 valence electrons. The number of carbonyl (C=O) groups excluding carboxylic acids is 2. The summed E-state index contributed by atoms with van der Waals surface area (Å²) in [6.07, 6.45) is 1.44. The fourth-order valence-corrected chi connectivity index (χ4v) is 3.91. The van der Waals surface area contributed by atoms with E-state index >= 15 is 0 Å². The van der Waals surface area contributed by atoms with Gasteiger partial charge < -0.3 is 15.0 Å². The van der Waals surface area contributed by atoms with Crippen LogP contribution >= 0.6 is 11.6 Å². The van der Waals surface area contributed by atoms with Gasteiger partial charge in [0, 0.05) is 31.0 Å². The van der Waals surface area contributed by atoms with Crippen LogP contribution in [0.1, 0.15) is 30.0 Å². The van der Waals surface area contributed by atoms with Gasteiger partial charge in [-0.2, -0.15) is 0 Å². The summed E-state index contributed by atoms with van der Waals surface area (Å²) >= 11 is 6.03. The highest BCUT2D eigenvalue weighted by molar-refractivity contribution is 6.30. The van der Waals surface area contributed by atoms with Crippen LogP contribution in [0.25, 0.3) is 0 Å². The molecule has 0 aliphatic heterocycles. The van der Waals surface area contributed by atoms with Gasteiger partial charge in [-0.25, -0.2) is 0 Å². The quantitative estimate of drug-likeness (QED) is 0.419. The van der Waals surface area contributed by atoms with Crippen LogP contribution in [-0.4, -0.2) is 36.4 Å². The van der Waals surface area contributed by atoms with Crippen molar-refractivity contribution in [2.45, 2.75) is 38.8 Å². The molecule has 0 saturated heterocycles. The molecule has 2 amide bonds. The minimum atomic E-state index is -0.624. The third-order valence-electron chi connectivity index (χ3n) is 5.71. The predicted molar refractivity (Wildman–Crippen MR) is 136 cm³/mol. The summed E-state index contributed by atoms with van der Waals surface area (Å²) in [6.45, 7) is 2.64. The lowest BCUT2D eigenvalue weighted by Gasteiger charge is -2.31. The van der Waals surface area contributed by atoms with E-state index in [0.29, 0.717) is 37.4 Å². The molecule has 0 radical (unpaired) electrons. The zero-order valence-electron chi connectivity index (χ0n) is 19.7. The highest BCUT2D eigenvalue weighted by Gasteiger charge is 2.29. The Morgan fingerprint density at radius 2 is 1.56 bits per heavy atom. The SMILES string of the molecule is CCC(=O)N(Cc1ccc(Cl)cc1)C(Cc1ccccc1)C(=O)NCCc1ccc(OC)cc1. The Balaban J connectivity index is 1.77. The van der Waals surface area contributed by atoms with Gasteiger partial charge in [-0.15, -0.1) is 0 Å². The van der Waals surface area contributed by atoms with Crippen LogP contribution in [0.5, 0.6) is 5.75 Å². The number of hydrogen-bond acceptors (Lipinski definition) is 3. The highest BCUT2D eigenvalue weighted by atomic mass is 35.5. The Bertz CT molecular complexity index is 1050. The van der Waals surface area contributed by atoms with Crippen LogP contribution in [0.15, 0.2) is 78.9 Å². The molecular weight excluding hydrogens is 448 g/mol. The first kappa shape index (κ1) is 25.3. The molecule has 3 aromatic carbocycles. The average molecular weight is 479 g/mol. The second-order valence-electron chi connectivity index (χ2n) is 8.10. The summed E-state index contributed by atoms with van der Waals surface area (Å²) in [7, 11) is 1.63. The van der Waals surface area contributed by atoms with Gasteiger partial charge in [-0.1, -0.05) is 73.1 Å². The van der Waals surface area contributed by atoms with Crippen molar-refractivity contribution < 1.29 is 14.3 Å². The normalized spacial score (nSPS) is 11.5. The average Bonchev–Trinajstić information content (AvgIpc) is 2.87. The molecule has 0 saturated carbocycles. The zero-order chi connectivity index (χ0) is 24.3. The van der Waals surface area contributed by atoms with Crippen LogP contribution in [0.4, 0.5) is 0 Å². The van der Waals surface area contributed by atoms with Crippen molar-refractivity contribution in [1.29, 1.82) is 0 Å². The maximum absolute atomic E-state index is 13.4. The molecule has 3 rings (SSSR count). The summed E-state index contributed by atoms with van der Waals surface area (Å²) in [5.41, 5.74) is 3.03. The summed E-state index contributed by atoms with van der Waals surface area (Å²) < 4.78 is 5.20. The Kier molecular flexibility index (Phi) is 9.53. The van der Waals surface area contributed by atoms with Crippen molar-refractivity contribution in [2.24, 2.45) is 0 Å². The minimum absolute atomic E-state index is 0.0683. The van der Waals surface area contributed by atoms with E-state index < -0.39 is 6.04 Å². The van der Waals surface area contributed by atoms with E-state index in [1.807, 2.05) is 73.7 Å². The molecule has 5 nitrogen and oxygen atoms in total. The van der Waals surface area contributed by atoms with Crippen molar-refractivity contribution >= 4 is 23.4 Å². The number of rotatable bonds is 11. The van der Waals surface area contributed by atoms with E-state index in [2.05, 4.69) is 5.32 Å².